The van der Waals surface area contributed by atoms with Crippen LogP contribution in [0.2, 0.25) is 0 Å². The summed E-state index contributed by atoms with van der Waals surface area (Å²) in [5.74, 6) is -0.218. The fraction of sp³-hybridized carbons (Fsp3) is 0.474. The Labute approximate surface area is 158 Å². The topological polar surface area (TPSA) is 91.6 Å². The smallest absolute Gasteiger partial charge is 0.256 e. The number of fused-ring (bicyclic) bond motifs is 1. The van der Waals surface area contributed by atoms with Crippen molar-refractivity contribution in [2.75, 3.05) is 20.6 Å². The van der Waals surface area contributed by atoms with Gasteiger partial charge in [-0.1, -0.05) is 0 Å². The van der Waals surface area contributed by atoms with Gasteiger partial charge in [-0.15, -0.1) is 0 Å². The van der Waals surface area contributed by atoms with Crippen LogP contribution in [0.5, 0.6) is 0 Å². The highest BCUT2D eigenvalue weighted by Crippen LogP contribution is 2.22. The van der Waals surface area contributed by atoms with Crippen LogP contribution in [0.1, 0.15) is 45.5 Å². The SMILES string of the molecule is Cc1cc(C)c(C(=O)N2CCn3nc([C@@H](O)CC(=O)N(C)C)cc3C2)cn1. The monoisotopic (exact) mass is 371 g/mol. The molecule has 0 aliphatic carbocycles. The van der Waals surface area contributed by atoms with E-state index in [2.05, 4.69) is 10.1 Å². The van der Waals surface area contributed by atoms with E-state index in [9.17, 15) is 14.7 Å². The first kappa shape index (κ1) is 19.0. The highest BCUT2D eigenvalue weighted by molar-refractivity contribution is 5.95. The van der Waals surface area contributed by atoms with Crippen LogP contribution in [0.4, 0.5) is 0 Å². The van der Waals surface area contributed by atoms with Crippen LogP contribution in [0.25, 0.3) is 0 Å². The normalized spacial score (nSPS) is 14.6. The summed E-state index contributed by atoms with van der Waals surface area (Å²) in [6, 6.07) is 3.67. The summed E-state index contributed by atoms with van der Waals surface area (Å²) in [6.07, 6.45) is 0.659. The van der Waals surface area contributed by atoms with E-state index in [1.807, 2.05) is 19.9 Å². The summed E-state index contributed by atoms with van der Waals surface area (Å²) in [5.41, 5.74) is 3.70. The van der Waals surface area contributed by atoms with Gasteiger partial charge >= 0.3 is 0 Å². The van der Waals surface area contributed by atoms with Crippen LogP contribution in [0.3, 0.4) is 0 Å². The molecule has 144 valence electrons. The van der Waals surface area contributed by atoms with E-state index in [1.165, 1.54) is 4.90 Å². The lowest BCUT2D eigenvalue weighted by molar-refractivity contribution is -0.130. The van der Waals surface area contributed by atoms with Crippen molar-refractivity contribution in [1.29, 1.82) is 0 Å². The number of hydrogen-bond acceptors (Lipinski definition) is 5. The largest absolute Gasteiger partial charge is 0.386 e. The predicted octanol–water partition coefficient (Wildman–Crippen LogP) is 1.06. The number of amides is 2. The van der Waals surface area contributed by atoms with Crippen LogP contribution in [-0.2, 0) is 17.9 Å². The number of aliphatic hydroxyl groups is 1. The van der Waals surface area contributed by atoms with Crippen LogP contribution in [0, 0.1) is 13.8 Å². The van der Waals surface area contributed by atoms with Gasteiger partial charge in [0, 0.05) is 32.5 Å². The van der Waals surface area contributed by atoms with Gasteiger partial charge in [-0.25, -0.2) is 0 Å². The molecule has 27 heavy (non-hydrogen) atoms. The number of nitrogens with zero attached hydrogens (tertiary/aromatic N) is 5. The third kappa shape index (κ3) is 4.00. The van der Waals surface area contributed by atoms with E-state index < -0.39 is 6.10 Å². The Hall–Kier alpha value is -2.74. The van der Waals surface area contributed by atoms with E-state index in [4.69, 9.17) is 0 Å². The third-order valence-corrected chi connectivity index (χ3v) is 4.79. The second kappa shape index (κ2) is 7.48. The molecule has 1 atom stereocenters. The molecule has 0 aromatic carbocycles. The van der Waals surface area contributed by atoms with Crippen LogP contribution < -0.4 is 0 Å². The lowest BCUT2D eigenvalue weighted by Gasteiger charge is -2.28. The highest BCUT2D eigenvalue weighted by Gasteiger charge is 2.26. The van der Waals surface area contributed by atoms with Crippen LogP contribution in [0.15, 0.2) is 18.3 Å². The molecule has 3 heterocycles. The van der Waals surface area contributed by atoms with Crippen molar-refractivity contribution >= 4 is 11.8 Å². The van der Waals surface area contributed by atoms with Gasteiger partial charge in [0.1, 0.15) is 6.10 Å². The summed E-state index contributed by atoms with van der Waals surface area (Å²) in [6.45, 7) is 5.30. The minimum atomic E-state index is -0.953. The second-order valence-electron chi connectivity index (χ2n) is 7.16. The molecular weight excluding hydrogens is 346 g/mol. The van der Waals surface area contributed by atoms with Gasteiger partial charge in [0.25, 0.3) is 5.91 Å². The van der Waals surface area contributed by atoms with E-state index in [0.29, 0.717) is 30.9 Å². The predicted molar refractivity (Wildman–Crippen MR) is 98.9 cm³/mol. The van der Waals surface area contributed by atoms with Gasteiger partial charge < -0.3 is 14.9 Å². The van der Waals surface area contributed by atoms with Crippen molar-refractivity contribution in [3.05, 3.63) is 46.5 Å². The molecule has 0 bridgehead atoms. The Morgan fingerprint density at radius 1 is 1.26 bits per heavy atom. The number of pyridine rings is 1. The van der Waals surface area contributed by atoms with E-state index in [1.54, 1.807) is 35.9 Å². The number of aliphatic hydroxyl groups excluding tert-OH is 1. The zero-order valence-electron chi connectivity index (χ0n) is 16.1. The van der Waals surface area contributed by atoms with Gasteiger partial charge in [0.15, 0.2) is 0 Å². The molecule has 1 aliphatic heterocycles. The number of hydrogen-bond donors (Lipinski definition) is 1. The van der Waals surface area contributed by atoms with Crippen molar-refractivity contribution in [3.63, 3.8) is 0 Å². The molecule has 0 spiro atoms. The molecule has 1 aliphatic rings. The van der Waals surface area contributed by atoms with Crippen molar-refractivity contribution < 1.29 is 14.7 Å². The van der Waals surface area contributed by atoms with Gasteiger partial charge in [-0.05, 0) is 31.5 Å². The maximum absolute atomic E-state index is 12.9. The zero-order chi connectivity index (χ0) is 19.7. The minimum absolute atomic E-state index is 0.0136. The first-order chi connectivity index (χ1) is 12.8. The number of aryl methyl sites for hydroxylation is 2. The fourth-order valence-corrected chi connectivity index (χ4v) is 3.17. The lowest BCUT2D eigenvalue weighted by atomic mass is 10.1. The maximum atomic E-state index is 12.9. The molecule has 1 N–H and O–H groups in total. The molecule has 0 saturated heterocycles. The molecule has 8 heteroatoms. The number of aromatic nitrogens is 3. The van der Waals surface area contributed by atoms with Crippen LogP contribution in [-0.4, -0.2) is 62.1 Å². The number of carbonyl (C=O) groups is 2. The molecule has 8 nitrogen and oxygen atoms in total. The van der Waals surface area contributed by atoms with E-state index in [0.717, 1.165) is 17.0 Å². The lowest BCUT2D eigenvalue weighted by Crippen LogP contribution is -2.38. The second-order valence-corrected chi connectivity index (χ2v) is 7.16. The first-order valence-electron chi connectivity index (χ1n) is 8.93. The van der Waals surface area contributed by atoms with Gasteiger partial charge in [0.05, 0.1) is 36.5 Å². The fourth-order valence-electron chi connectivity index (χ4n) is 3.17. The summed E-state index contributed by atoms with van der Waals surface area (Å²) < 4.78 is 1.79. The van der Waals surface area contributed by atoms with Crippen molar-refractivity contribution in [2.24, 2.45) is 0 Å². The molecule has 2 amide bonds. The van der Waals surface area contributed by atoms with Crippen LogP contribution >= 0.6 is 0 Å². The highest BCUT2D eigenvalue weighted by atomic mass is 16.3. The summed E-state index contributed by atoms with van der Waals surface area (Å²) in [5, 5.41) is 14.7. The Balaban J connectivity index is 1.74. The third-order valence-electron chi connectivity index (χ3n) is 4.79. The van der Waals surface area contributed by atoms with Gasteiger partial charge in [-0.2, -0.15) is 5.10 Å². The Bertz CT molecular complexity index is 874. The van der Waals surface area contributed by atoms with Crippen molar-refractivity contribution in [1.82, 2.24) is 24.6 Å². The summed E-state index contributed by atoms with van der Waals surface area (Å²) in [7, 11) is 3.30. The molecule has 3 rings (SSSR count). The number of rotatable bonds is 4. The molecule has 0 unspecified atom stereocenters. The molecule has 2 aromatic heterocycles. The first-order valence-corrected chi connectivity index (χ1v) is 8.93. The number of carbonyl (C=O) groups excluding carboxylic acids is 2. The molecule has 0 radical (unpaired) electrons. The minimum Gasteiger partial charge on any atom is -0.386 e. The average molecular weight is 371 g/mol. The van der Waals surface area contributed by atoms with E-state index >= 15 is 0 Å². The Morgan fingerprint density at radius 3 is 2.67 bits per heavy atom. The van der Waals surface area contributed by atoms with Gasteiger partial charge in [0.2, 0.25) is 5.91 Å². The zero-order valence-corrected chi connectivity index (χ0v) is 16.1. The van der Waals surface area contributed by atoms with Crippen molar-refractivity contribution in [2.45, 2.75) is 39.5 Å². The molecule has 2 aromatic rings. The van der Waals surface area contributed by atoms with E-state index in [-0.39, 0.29) is 18.2 Å². The van der Waals surface area contributed by atoms with Crippen molar-refractivity contribution in [3.8, 4) is 0 Å². The summed E-state index contributed by atoms with van der Waals surface area (Å²) >= 11 is 0. The standard InChI is InChI=1S/C19H25N5O3/c1-12-7-13(2)20-10-15(12)19(27)23-5-6-24-14(11-23)8-16(21-24)17(25)9-18(26)22(3)4/h7-8,10,17,25H,5-6,9,11H2,1-4H3/t17-/m0/s1. The summed E-state index contributed by atoms with van der Waals surface area (Å²) in [4.78, 5) is 32.1. The Morgan fingerprint density at radius 2 is 2.00 bits per heavy atom. The maximum Gasteiger partial charge on any atom is 0.256 e. The van der Waals surface area contributed by atoms with Gasteiger partial charge in [-0.3, -0.25) is 19.3 Å². The molecule has 0 fully saturated rings. The molecule has 0 saturated carbocycles. The molecular formula is C19H25N5O3. The quantitative estimate of drug-likeness (QED) is 0.868. The average Bonchev–Trinajstić information content (AvgIpc) is 3.04. The Kier molecular flexibility index (Phi) is 5.27.